The smallest absolute Gasteiger partial charge is 0.323 e. The molecule has 1 saturated carbocycles. The number of carbonyl (C=O) groups is 2. The summed E-state index contributed by atoms with van der Waals surface area (Å²) in [4.78, 5) is 31.5. The van der Waals surface area contributed by atoms with E-state index in [2.05, 4.69) is 10.3 Å². The van der Waals surface area contributed by atoms with Crippen LogP contribution in [0.3, 0.4) is 0 Å². The average molecular weight is 346 g/mol. The molecule has 25 heavy (non-hydrogen) atoms. The number of nitrogens with one attached hydrogen (secondary N) is 1. The first-order valence-electron chi connectivity index (χ1n) is 8.85. The zero-order valence-electron chi connectivity index (χ0n) is 14.9. The Hall–Kier alpha value is -2.15. The number of piperidine rings is 1. The van der Waals surface area contributed by atoms with Gasteiger partial charge in [-0.05, 0) is 43.7 Å². The molecule has 3 rings (SSSR count). The number of anilines is 1. The molecule has 2 heterocycles. The predicted octanol–water partition coefficient (Wildman–Crippen LogP) is 1.94. The largest absolute Gasteiger partial charge is 0.389 e. The van der Waals surface area contributed by atoms with E-state index in [-0.39, 0.29) is 11.9 Å². The zero-order chi connectivity index (χ0) is 18.0. The molecule has 0 bridgehead atoms. The Morgan fingerprint density at radius 2 is 1.96 bits per heavy atom. The molecule has 0 aromatic carbocycles. The highest BCUT2D eigenvalue weighted by molar-refractivity contribution is 5.94. The summed E-state index contributed by atoms with van der Waals surface area (Å²) in [7, 11) is 3.36. The third kappa shape index (κ3) is 3.76. The van der Waals surface area contributed by atoms with Crippen molar-refractivity contribution in [3.63, 3.8) is 0 Å². The maximum Gasteiger partial charge on any atom is 0.323 e. The molecule has 1 aliphatic heterocycles. The summed E-state index contributed by atoms with van der Waals surface area (Å²) in [5.41, 5.74) is -0.117. The van der Waals surface area contributed by atoms with Crippen LogP contribution >= 0.6 is 0 Å². The molecule has 1 saturated heterocycles. The Balaban J connectivity index is 1.53. The molecule has 136 valence electrons. The second-order valence-electron chi connectivity index (χ2n) is 7.28. The van der Waals surface area contributed by atoms with Gasteiger partial charge < -0.3 is 14.9 Å². The second kappa shape index (κ2) is 7.00. The van der Waals surface area contributed by atoms with Crippen LogP contribution in [0.1, 0.15) is 42.5 Å². The van der Waals surface area contributed by atoms with Gasteiger partial charge in [-0.15, -0.1) is 0 Å². The van der Waals surface area contributed by atoms with Crippen molar-refractivity contribution in [1.82, 2.24) is 14.8 Å². The van der Waals surface area contributed by atoms with Crippen molar-refractivity contribution in [2.45, 2.75) is 37.7 Å². The lowest BCUT2D eigenvalue weighted by Crippen LogP contribution is -2.52. The number of pyridine rings is 1. The van der Waals surface area contributed by atoms with Crippen LogP contribution in [0.15, 0.2) is 18.3 Å². The summed E-state index contributed by atoms with van der Waals surface area (Å²) in [6, 6.07) is 3.06. The number of aliphatic hydroxyl groups is 1. The zero-order valence-corrected chi connectivity index (χ0v) is 14.9. The summed E-state index contributed by atoms with van der Waals surface area (Å²) in [5, 5.41) is 13.5. The number of rotatable bonds is 3. The van der Waals surface area contributed by atoms with Crippen LogP contribution in [0, 0.1) is 5.92 Å². The van der Waals surface area contributed by atoms with E-state index >= 15 is 0 Å². The van der Waals surface area contributed by atoms with E-state index in [0.29, 0.717) is 43.2 Å². The number of hydrogen-bond donors (Lipinski definition) is 2. The van der Waals surface area contributed by atoms with Crippen molar-refractivity contribution in [3.05, 3.63) is 23.9 Å². The van der Waals surface area contributed by atoms with E-state index in [0.717, 1.165) is 12.8 Å². The van der Waals surface area contributed by atoms with Crippen molar-refractivity contribution >= 4 is 17.8 Å². The Morgan fingerprint density at radius 1 is 1.28 bits per heavy atom. The molecule has 0 atom stereocenters. The first kappa shape index (κ1) is 17.7. The van der Waals surface area contributed by atoms with E-state index in [9.17, 15) is 14.7 Å². The van der Waals surface area contributed by atoms with Gasteiger partial charge in [-0.25, -0.2) is 9.78 Å². The quantitative estimate of drug-likeness (QED) is 0.876. The van der Waals surface area contributed by atoms with Gasteiger partial charge >= 0.3 is 6.03 Å². The molecular weight excluding hydrogens is 320 g/mol. The van der Waals surface area contributed by atoms with Gasteiger partial charge in [0, 0.05) is 33.4 Å². The number of nitrogens with zero attached hydrogens (tertiary/aromatic N) is 3. The van der Waals surface area contributed by atoms with Crippen molar-refractivity contribution in [2.24, 2.45) is 5.92 Å². The van der Waals surface area contributed by atoms with Crippen LogP contribution in [0.2, 0.25) is 0 Å². The Morgan fingerprint density at radius 3 is 2.44 bits per heavy atom. The number of amides is 3. The Labute approximate surface area is 148 Å². The van der Waals surface area contributed by atoms with Crippen molar-refractivity contribution in [3.8, 4) is 0 Å². The fraction of sp³-hybridized carbons (Fsp3) is 0.611. The van der Waals surface area contributed by atoms with E-state index in [1.165, 1.54) is 17.5 Å². The maximum atomic E-state index is 12.4. The molecule has 2 N–H and O–H groups in total. The van der Waals surface area contributed by atoms with Crippen molar-refractivity contribution < 1.29 is 14.7 Å². The first-order valence-corrected chi connectivity index (χ1v) is 8.85. The molecule has 0 radical (unpaired) electrons. The fourth-order valence-corrected chi connectivity index (χ4v) is 3.49. The fourth-order valence-electron chi connectivity index (χ4n) is 3.49. The number of carbonyl (C=O) groups excluding carboxylic acids is 2. The SMILES string of the molecule is CN(C)C(=O)c1ccc(NC(=O)N2CCC(O)(C3CCC3)CC2)nc1. The van der Waals surface area contributed by atoms with Gasteiger partial charge in [-0.2, -0.15) is 0 Å². The highest BCUT2D eigenvalue weighted by Gasteiger charge is 2.42. The monoisotopic (exact) mass is 346 g/mol. The molecule has 7 heteroatoms. The molecule has 0 unspecified atom stereocenters. The number of urea groups is 1. The molecule has 3 amide bonds. The number of aromatic nitrogens is 1. The van der Waals surface area contributed by atoms with E-state index in [4.69, 9.17) is 0 Å². The number of likely N-dealkylation sites (tertiary alicyclic amines) is 1. The van der Waals surface area contributed by atoms with Gasteiger partial charge in [0.2, 0.25) is 0 Å². The topological polar surface area (TPSA) is 85.8 Å². The van der Waals surface area contributed by atoms with E-state index < -0.39 is 5.60 Å². The van der Waals surface area contributed by atoms with Gasteiger partial charge in [0.05, 0.1) is 11.2 Å². The van der Waals surface area contributed by atoms with Gasteiger partial charge in [-0.3, -0.25) is 10.1 Å². The Kier molecular flexibility index (Phi) is 4.94. The lowest BCUT2D eigenvalue weighted by Gasteiger charge is -2.46. The van der Waals surface area contributed by atoms with Crippen LogP contribution in [0.25, 0.3) is 0 Å². The second-order valence-corrected chi connectivity index (χ2v) is 7.28. The molecule has 1 aliphatic carbocycles. The first-order chi connectivity index (χ1) is 11.9. The molecule has 2 fully saturated rings. The maximum absolute atomic E-state index is 12.4. The van der Waals surface area contributed by atoms with Crippen LogP contribution in [0.4, 0.5) is 10.6 Å². The predicted molar refractivity (Wildman–Crippen MR) is 94.4 cm³/mol. The van der Waals surface area contributed by atoms with E-state index in [1.54, 1.807) is 31.1 Å². The van der Waals surface area contributed by atoms with Gasteiger partial charge in [0.1, 0.15) is 5.82 Å². The summed E-state index contributed by atoms with van der Waals surface area (Å²) in [5.74, 6) is 0.693. The lowest BCUT2D eigenvalue weighted by atomic mass is 9.69. The van der Waals surface area contributed by atoms with Gasteiger partial charge in [-0.1, -0.05) is 6.42 Å². The summed E-state index contributed by atoms with van der Waals surface area (Å²) in [6.07, 6.45) is 6.14. The highest BCUT2D eigenvalue weighted by atomic mass is 16.3. The number of hydrogen-bond acceptors (Lipinski definition) is 4. The minimum atomic E-state index is -0.596. The summed E-state index contributed by atoms with van der Waals surface area (Å²) >= 11 is 0. The van der Waals surface area contributed by atoms with Crippen molar-refractivity contribution in [1.29, 1.82) is 0 Å². The minimum absolute atomic E-state index is 0.128. The summed E-state index contributed by atoms with van der Waals surface area (Å²) in [6.45, 7) is 1.10. The Bertz CT molecular complexity index is 632. The molecular formula is C18H26N4O3. The van der Waals surface area contributed by atoms with Gasteiger partial charge in [0.15, 0.2) is 0 Å². The van der Waals surface area contributed by atoms with Crippen LogP contribution in [-0.4, -0.2) is 64.6 Å². The molecule has 2 aliphatic rings. The molecule has 7 nitrogen and oxygen atoms in total. The van der Waals surface area contributed by atoms with E-state index in [1.807, 2.05) is 0 Å². The standard InChI is InChI=1S/C18H26N4O3/c1-21(2)16(23)13-6-7-15(19-12-13)20-17(24)22-10-8-18(25,9-11-22)14-4-3-5-14/h6-7,12,14,25H,3-5,8-11H2,1-2H3,(H,19,20,24). The molecule has 0 spiro atoms. The van der Waals surface area contributed by atoms with Crippen LogP contribution in [0.5, 0.6) is 0 Å². The average Bonchev–Trinajstić information content (AvgIpc) is 2.53. The molecule has 1 aromatic heterocycles. The third-order valence-corrected chi connectivity index (χ3v) is 5.43. The lowest BCUT2D eigenvalue weighted by molar-refractivity contribution is -0.0845. The highest BCUT2D eigenvalue weighted by Crippen LogP contribution is 2.41. The van der Waals surface area contributed by atoms with Crippen molar-refractivity contribution in [2.75, 3.05) is 32.5 Å². The normalized spacial score (nSPS) is 19.9. The minimum Gasteiger partial charge on any atom is -0.389 e. The third-order valence-electron chi connectivity index (χ3n) is 5.43. The van der Waals surface area contributed by atoms with Crippen LogP contribution < -0.4 is 5.32 Å². The molecule has 1 aromatic rings. The van der Waals surface area contributed by atoms with Crippen LogP contribution in [-0.2, 0) is 0 Å². The van der Waals surface area contributed by atoms with Gasteiger partial charge in [0.25, 0.3) is 5.91 Å². The summed E-state index contributed by atoms with van der Waals surface area (Å²) < 4.78 is 0.